The summed E-state index contributed by atoms with van der Waals surface area (Å²) in [5.41, 5.74) is -6.51. The summed E-state index contributed by atoms with van der Waals surface area (Å²) in [6, 6.07) is -0.734. The minimum atomic E-state index is -5.36. The molecular formula is C19H16F7N3O5S. The van der Waals surface area contributed by atoms with Gasteiger partial charge in [0, 0.05) is 18.9 Å². The molecule has 8 nitrogen and oxygen atoms in total. The lowest BCUT2D eigenvalue weighted by atomic mass is 9.95. The zero-order valence-electron chi connectivity index (χ0n) is 17.5. The number of benzene rings is 1. The molecule has 0 aliphatic carbocycles. The molecule has 16 heteroatoms. The quantitative estimate of drug-likeness (QED) is 0.415. The van der Waals surface area contributed by atoms with E-state index in [2.05, 4.69) is 6.58 Å². The SMILES string of the molecule is C=C[C@@](O)([C@H]1COc2c(cn(C)c2C(=O)Nc2ccc(F)c(C(F)(F)F)c2)S(=O)(=O)N1)C(F)(F)F. The van der Waals surface area contributed by atoms with Crippen molar-refractivity contribution in [1.29, 1.82) is 0 Å². The summed E-state index contributed by atoms with van der Waals surface area (Å²) in [5.74, 6) is -3.53. The number of aromatic nitrogens is 1. The first kappa shape index (κ1) is 26.5. The first-order valence-corrected chi connectivity index (χ1v) is 10.9. The maximum Gasteiger partial charge on any atom is 0.422 e. The molecule has 0 saturated carbocycles. The maximum absolute atomic E-state index is 13.5. The molecule has 0 saturated heterocycles. The third kappa shape index (κ3) is 4.72. The summed E-state index contributed by atoms with van der Waals surface area (Å²) in [6.45, 7) is 1.79. The van der Waals surface area contributed by atoms with Crippen LogP contribution in [0.25, 0.3) is 0 Å². The molecule has 1 aliphatic rings. The first-order valence-electron chi connectivity index (χ1n) is 9.37. The highest BCUT2D eigenvalue weighted by molar-refractivity contribution is 7.89. The Hall–Kier alpha value is -3.11. The van der Waals surface area contributed by atoms with E-state index >= 15 is 0 Å². The number of halogens is 7. The molecule has 1 aromatic carbocycles. The Balaban J connectivity index is 2.00. The van der Waals surface area contributed by atoms with Crippen molar-refractivity contribution in [3.05, 3.63) is 54.1 Å². The topological polar surface area (TPSA) is 110 Å². The molecule has 0 bridgehead atoms. The van der Waals surface area contributed by atoms with Crippen LogP contribution in [0.15, 0.2) is 41.9 Å². The van der Waals surface area contributed by atoms with Gasteiger partial charge in [-0.25, -0.2) is 17.5 Å². The second-order valence-electron chi connectivity index (χ2n) is 7.44. The van der Waals surface area contributed by atoms with Crippen molar-refractivity contribution in [3.8, 4) is 5.75 Å². The van der Waals surface area contributed by atoms with Gasteiger partial charge in [0.2, 0.25) is 10.0 Å². The van der Waals surface area contributed by atoms with Gasteiger partial charge >= 0.3 is 12.4 Å². The molecule has 1 aliphatic heterocycles. The zero-order valence-corrected chi connectivity index (χ0v) is 18.3. The number of anilines is 1. The standard InChI is InChI=1S/C19H16F7N3O5S/c1-3-17(31,19(24,25)26)13-8-34-15-12(35(32,33)28-13)7-29(2)14(15)16(30)27-9-4-5-11(20)10(6-9)18(21,22)23/h3-7,13,28,31H,1,8H2,2H3,(H,27,30)/t13-,17-/m1/s1. The van der Waals surface area contributed by atoms with Crippen LogP contribution in [0.5, 0.6) is 5.75 Å². The van der Waals surface area contributed by atoms with Gasteiger partial charge < -0.3 is 19.7 Å². The van der Waals surface area contributed by atoms with Crippen molar-refractivity contribution in [2.45, 2.75) is 28.9 Å². The first-order chi connectivity index (χ1) is 15.9. The largest absolute Gasteiger partial charge is 0.488 e. The van der Waals surface area contributed by atoms with Crippen LogP contribution in [-0.2, 0) is 23.2 Å². The van der Waals surface area contributed by atoms with E-state index in [0.717, 1.165) is 16.8 Å². The van der Waals surface area contributed by atoms with Gasteiger partial charge in [0.05, 0.1) is 11.6 Å². The minimum absolute atomic E-state index is 0.0833. The smallest absolute Gasteiger partial charge is 0.422 e. The number of amides is 1. The molecule has 1 amide bonds. The molecule has 0 fully saturated rings. The highest BCUT2D eigenvalue weighted by atomic mass is 32.2. The number of aryl methyl sites for hydroxylation is 1. The highest BCUT2D eigenvalue weighted by Crippen LogP contribution is 2.39. The van der Waals surface area contributed by atoms with E-state index in [0.29, 0.717) is 12.1 Å². The summed E-state index contributed by atoms with van der Waals surface area (Å²) in [6.07, 6.45) is -9.53. The fourth-order valence-corrected chi connectivity index (χ4v) is 4.75. The van der Waals surface area contributed by atoms with Crippen molar-refractivity contribution in [2.75, 3.05) is 11.9 Å². The Morgan fingerprint density at radius 3 is 2.46 bits per heavy atom. The van der Waals surface area contributed by atoms with Gasteiger partial charge in [-0.1, -0.05) is 6.58 Å². The van der Waals surface area contributed by atoms with Gasteiger partial charge in [-0.3, -0.25) is 4.79 Å². The van der Waals surface area contributed by atoms with E-state index < -0.39 is 79.9 Å². The molecule has 0 unspecified atom stereocenters. The summed E-state index contributed by atoms with van der Waals surface area (Å²) in [5, 5.41) is 12.1. The number of rotatable bonds is 4. The fraction of sp³-hybridized carbons (Fsp3) is 0.316. The van der Waals surface area contributed by atoms with Crippen LogP contribution < -0.4 is 14.8 Å². The number of carbonyl (C=O) groups excluding carboxylic acids is 1. The summed E-state index contributed by atoms with van der Waals surface area (Å²) in [4.78, 5) is 12.0. The van der Waals surface area contributed by atoms with Crippen LogP contribution >= 0.6 is 0 Å². The van der Waals surface area contributed by atoms with E-state index in [1.165, 1.54) is 7.05 Å². The number of nitrogens with zero attached hydrogens (tertiary/aromatic N) is 1. The summed E-state index contributed by atoms with van der Waals surface area (Å²) >= 11 is 0. The van der Waals surface area contributed by atoms with Crippen molar-refractivity contribution < 1.29 is 53.8 Å². The van der Waals surface area contributed by atoms with Crippen molar-refractivity contribution in [1.82, 2.24) is 9.29 Å². The van der Waals surface area contributed by atoms with Crippen LogP contribution in [-0.4, -0.2) is 48.4 Å². The molecule has 192 valence electrons. The van der Waals surface area contributed by atoms with Gasteiger partial charge in [0.1, 0.15) is 17.3 Å². The monoisotopic (exact) mass is 531 g/mol. The van der Waals surface area contributed by atoms with Gasteiger partial charge in [-0.2, -0.15) is 26.3 Å². The Kier molecular flexibility index (Phi) is 6.45. The molecule has 35 heavy (non-hydrogen) atoms. The second kappa shape index (κ2) is 8.53. The predicted molar refractivity (Wildman–Crippen MR) is 106 cm³/mol. The number of ether oxygens (including phenoxy) is 1. The molecule has 3 rings (SSSR count). The van der Waals surface area contributed by atoms with E-state index in [1.807, 2.05) is 5.32 Å². The van der Waals surface area contributed by atoms with Gasteiger partial charge in [-0.15, -0.1) is 0 Å². The molecule has 2 atom stereocenters. The number of hydrogen-bond acceptors (Lipinski definition) is 5. The van der Waals surface area contributed by atoms with Crippen LogP contribution in [0, 0.1) is 5.82 Å². The lowest BCUT2D eigenvalue weighted by molar-refractivity contribution is -0.249. The third-order valence-electron chi connectivity index (χ3n) is 5.12. The number of fused-ring (bicyclic) bond motifs is 1. The second-order valence-corrected chi connectivity index (χ2v) is 9.12. The summed E-state index contributed by atoms with van der Waals surface area (Å²) in [7, 11) is -3.63. The molecule has 0 radical (unpaired) electrons. The van der Waals surface area contributed by atoms with Gasteiger partial charge in [0.15, 0.2) is 17.0 Å². The van der Waals surface area contributed by atoms with Crippen molar-refractivity contribution in [3.63, 3.8) is 0 Å². The van der Waals surface area contributed by atoms with Crippen LogP contribution in [0.4, 0.5) is 36.4 Å². The number of alkyl halides is 6. The third-order valence-corrected chi connectivity index (χ3v) is 6.59. The normalized spacial score (nSPS) is 19.6. The predicted octanol–water partition coefficient (Wildman–Crippen LogP) is 2.95. The van der Waals surface area contributed by atoms with E-state index in [4.69, 9.17) is 4.74 Å². The summed E-state index contributed by atoms with van der Waals surface area (Å²) < 4.78 is 126. The zero-order chi connectivity index (χ0) is 26.6. The van der Waals surface area contributed by atoms with E-state index in [9.17, 15) is 49.1 Å². The Morgan fingerprint density at radius 2 is 1.91 bits per heavy atom. The van der Waals surface area contributed by atoms with Gasteiger partial charge in [-0.05, 0) is 24.3 Å². The minimum Gasteiger partial charge on any atom is -0.488 e. The number of hydrogen-bond donors (Lipinski definition) is 3. The van der Waals surface area contributed by atoms with Crippen LogP contribution in [0.1, 0.15) is 16.1 Å². The molecule has 1 aromatic heterocycles. The average Bonchev–Trinajstić information content (AvgIpc) is 3.00. The maximum atomic E-state index is 13.5. The van der Waals surface area contributed by atoms with Crippen molar-refractivity contribution in [2.24, 2.45) is 7.05 Å². The highest BCUT2D eigenvalue weighted by Gasteiger charge is 2.58. The van der Waals surface area contributed by atoms with Crippen LogP contribution in [0.3, 0.4) is 0 Å². The fourth-order valence-electron chi connectivity index (χ4n) is 3.30. The molecule has 2 heterocycles. The Morgan fingerprint density at radius 1 is 1.29 bits per heavy atom. The molecular weight excluding hydrogens is 515 g/mol. The van der Waals surface area contributed by atoms with Crippen molar-refractivity contribution >= 4 is 21.6 Å². The van der Waals surface area contributed by atoms with E-state index in [1.54, 1.807) is 4.72 Å². The molecule has 3 N–H and O–H groups in total. The number of sulfonamides is 1. The van der Waals surface area contributed by atoms with E-state index in [-0.39, 0.29) is 6.08 Å². The number of carbonyl (C=O) groups is 1. The number of nitrogens with one attached hydrogen (secondary N) is 2. The molecule has 0 spiro atoms. The average molecular weight is 531 g/mol. The Labute approximate surface area is 193 Å². The Bertz CT molecular complexity index is 1290. The van der Waals surface area contributed by atoms with Crippen LogP contribution in [0.2, 0.25) is 0 Å². The lowest BCUT2D eigenvalue weighted by Crippen LogP contribution is -2.61. The molecule has 2 aromatic rings. The van der Waals surface area contributed by atoms with Gasteiger partial charge in [0.25, 0.3) is 5.91 Å². The lowest BCUT2D eigenvalue weighted by Gasteiger charge is -2.33. The number of aliphatic hydroxyl groups is 1.